The number of hydrogen-bond donors (Lipinski definition) is 0. The summed E-state index contributed by atoms with van der Waals surface area (Å²) in [5.74, 6) is 11.8. The molecule has 0 aromatic heterocycles. The molecule has 4 heterocycles. The van der Waals surface area contributed by atoms with Crippen LogP contribution in [0.5, 0.6) is 0 Å². The van der Waals surface area contributed by atoms with Crippen molar-refractivity contribution >= 4 is 25.2 Å². The lowest BCUT2D eigenvalue weighted by Gasteiger charge is -2.26. The molecule has 5 saturated carbocycles. The topological polar surface area (TPSA) is 144 Å². The van der Waals surface area contributed by atoms with E-state index in [2.05, 4.69) is 103 Å². The highest BCUT2D eigenvalue weighted by atomic mass is 32.2. The van der Waals surface area contributed by atoms with Crippen molar-refractivity contribution in [2.45, 2.75) is 339 Å². The molecule has 5 aliphatic carbocycles. The molecule has 0 aromatic carbocycles. The largest absolute Gasteiger partial charge is 0.381 e. The molecular formula is C73H146O13S2. The predicted octanol–water partition coefficient (Wildman–Crippen LogP) is 17.0. The quantitative estimate of drug-likeness (QED) is 0.0686. The smallest absolute Gasteiger partial charge is 0.152 e. The van der Waals surface area contributed by atoms with Crippen molar-refractivity contribution in [2.75, 3.05) is 82.5 Å². The Morgan fingerprint density at radius 2 is 0.807 bits per heavy atom. The Morgan fingerprint density at radius 1 is 0.386 bits per heavy atom. The molecule has 0 bridgehead atoms. The van der Waals surface area contributed by atoms with E-state index in [1.165, 1.54) is 122 Å². The zero-order chi connectivity index (χ0) is 65.9. The molecule has 0 radical (unpaired) electrons. The van der Waals surface area contributed by atoms with Crippen molar-refractivity contribution in [3.05, 3.63) is 0 Å². The van der Waals surface area contributed by atoms with E-state index >= 15 is 0 Å². The Morgan fingerprint density at radius 3 is 1.10 bits per heavy atom. The maximum Gasteiger partial charge on any atom is 0.152 e. The number of sulfone groups is 1. The van der Waals surface area contributed by atoms with Gasteiger partial charge >= 0.3 is 0 Å². The number of ether oxygens (including phenoxy) is 10. The molecule has 9 rings (SSSR count). The van der Waals surface area contributed by atoms with Gasteiger partial charge in [-0.3, -0.25) is 4.21 Å². The summed E-state index contributed by atoms with van der Waals surface area (Å²) in [5.41, 5.74) is 0. The van der Waals surface area contributed by atoms with Gasteiger partial charge in [0.25, 0.3) is 0 Å². The van der Waals surface area contributed by atoms with Crippen LogP contribution >= 0.6 is 0 Å². The van der Waals surface area contributed by atoms with Gasteiger partial charge in [0, 0.05) is 71.0 Å². The molecule has 0 amide bonds. The molecule has 88 heavy (non-hydrogen) atoms. The Balaban J connectivity index is 0.000000497. The highest BCUT2D eigenvalue weighted by molar-refractivity contribution is 8.00. The minimum absolute atomic E-state index is 0.0556. The first kappa shape index (κ1) is 85.6. The van der Waals surface area contributed by atoms with Crippen molar-refractivity contribution in [1.82, 2.24) is 0 Å². The number of hydrogen-bond acceptors (Lipinski definition) is 13. The summed E-state index contributed by atoms with van der Waals surface area (Å²) in [7, 11) is -4.47. The van der Waals surface area contributed by atoms with Crippen molar-refractivity contribution in [3.8, 4) is 0 Å². The van der Waals surface area contributed by atoms with Gasteiger partial charge in [-0.25, -0.2) is 8.42 Å². The predicted molar refractivity (Wildman–Crippen MR) is 373 cm³/mol. The highest BCUT2D eigenvalue weighted by Crippen LogP contribution is 2.31. The maximum absolute atomic E-state index is 11.5. The summed E-state index contributed by atoms with van der Waals surface area (Å²) in [4.78, 5) is 0. The third kappa shape index (κ3) is 54.9. The van der Waals surface area contributed by atoms with Crippen LogP contribution in [0.1, 0.15) is 272 Å². The van der Waals surface area contributed by atoms with Crippen LogP contribution in [0.3, 0.4) is 0 Å². The maximum atomic E-state index is 11.5. The van der Waals surface area contributed by atoms with Gasteiger partial charge < -0.3 is 47.4 Å². The summed E-state index contributed by atoms with van der Waals surface area (Å²) in [5, 5.41) is 0. The second kappa shape index (κ2) is 50.9. The lowest BCUT2D eigenvalue weighted by atomic mass is 9.83. The average molecular weight is 1300 g/mol. The van der Waals surface area contributed by atoms with Crippen LogP contribution < -0.4 is 0 Å². The second-order valence-corrected chi connectivity index (χ2v) is 34.4. The van der Waals surface area contributed by atoms with Crippen LogP contribution in [0.4, 0.5) is 0 Å². The van der Waals surface area contributed by atoms with E-state index in [0.29, 0.717) is 73.0 Å². The summed E-state index contributed by atoms with van der Waals surface area (Å²) in [6.07, 6.45) is 34.0. The van der Waals surface area contributed by atoms with Crippen LogP contribution in [0.15, 0.2) is 0 Å². The third-order valence-corrected chi connectivity index (χ3v) is 20.3. The fraction of sp³-hybridized carbons (Fsp3) is 0.986. The first-order valence-electron chi connectivity index (χ1n) is 36.2. The van der Waals surface area contributed by atoms with Crippen molar-refractivity contribution in [3.63, 3.8) is 0 Å². The molecule has 528 valence electrons. The SMILES string of the molecule is C=S1(=O)CCC(CCOC(C)C)C1.CC(C)CCC1CCO1.CC(C)OC1CC1.CC(C)OC1CCS(=O)(=O)C1.CC(C)OCC1CC1.CC(C)OCC1CCC1.CC(C)OCC1CCCC1.CC(C)OCCC1CCC1.CC(C)OCCC1CCOC1. The molecule has 9 fully saturated rings. The molecule has 5 atom stereocenters. The molecule has 9 aliphatic rings. The van der Waals surface area contributed by atoms with Gasteiger partial charge in [0.05, 0.1) is 78.6 Å². The third-order valence-electron chi connectivity index (χ3n) is 16.5. The zero-order valence-corrected chi connectivity index (χ0v) is 62.3. The molecule has 4 saturated heterocycles. The summed E-state index contributed by atoms with van der Waals surface area (Å²) in [6.45, 7) is 46.1. The minimum Gasteiger partial charge on any atom is -0.381 e. The van der Waals surface area contributed by atoms with Gasteiger partial charge in [-0.05, 0) is 277 Å². The van der Waals surface area contributed by atoms with Gasteiger partial charge in [0.15, 0.2) is 9.84 Å². The molecule has 0 N–H and O–H groups in total. The van der Waals surface area contributed by atoms with Gasteiger partial charge in [0.1, 0.15) is 0 Å². The number of rotatable bonds is 28. The average Bonchev–Trinajstić information content (AvgIpc) is 4.38. The normalized spacial score (nSPS) is 24.7. The summed E-state index contributed by atoms with van der Waals surface area (Å²) in [6, 6.07) is 0. The zero-order valence-electron chi connectivity index (χ0n) is 60.7. The van der Waals surface area contributed by atoms with Crippen LogP contribution in [-0.4, -0.2) is 168 Å². The fourth-order valence-electron chi connectivity index (χ4n) is 10.2. The molecule has 0 aromatic rings. The molecular weight excluding hydrogens is 1150 g/mol. The Bertz CT molecular complexity index is 1770. The van der Waals surface area contributed by atoms with Gasteiger partial charge in [-0.15, -0.1) is 0 Å². The summed E-state index contributed by atoms with van der Waals surface area (Å²) < 4.78 is 87.4. The fourth-order valence-corrected chi connectivity index (χ4v) is 13.9. The molecule has 4 aliphatic heterocycles. The first-order chi connectivity index (χ1) is 41.5. The van der Waals surface area contributed by atoms with E-state index in [9.17, 15) is 12.6 Å². The van der Waals surface area contributed by atoms with Crippen LogP contribution in [0.25, 0.3) is 0 Å². The van der Waals surface area contributed by atoms with E-state index < -0.39 is 19.4 Å². The highest BCUT2D eigenvalue weighted by Gasteiger charge is 2.29. The Kier molecular flexibility index (Phi) is 49.5. The summed E-state index contributed by atoms with van der Waals surface area (Å²) >= 11 is 0. The van der Waals surface area contributed by atoms with E-state index in [4.69, 9.17) is 47.4 Å². The second-order valence-electron chi connectivity index (χ2n) is 29.5. The van der Waals surface area contributed by atoms with Crippen molar-refractivity contribution < 1.29 is 60.0 Å². The Labute approximate surface area is 545 Å². The van der Waals surface area contributed by atoms with E-state index in [-0.39, 0.29) is 18.0 Å². The van der Waals surface area contributed by atoms with Crippen LogP contribution in [-0.2, 0) is 66.7 Å². The van der Waals surface area contributed by atoms with E-state index in [1.807, 2.05) is 27.7 Å². The van der Waals surface area contributed by atoms with E-state index in [0.717, 1.165) is 126 Å². The molecule has 5 unspecified atom stereocenters. The van der Waals surface area contributed by atoms with Crippen LogP contribution in [0.2, 0.25) is 0 Å². The lowest BCUT2D eigenvalue weighted by molar-refractivity contribution is -0.0567. The molecule has 15 heteroatoms. The van der Waals surface area contributed by atoms with Crippen molar-refractivity contribution in [2.24, 2.45) is 41.4 Å². The van der Waals surface area contributed by atoms with E-state index in [1.54, 1.807) is 0 Å². The Hall–Kier alpha value is -0.430. The minimum atomic E-state index is -2.77. The first-order valence-corrected chi connectivity index (χ1v) is 40.1. The molecule has 0 spiro atoms. The van der Waals surface area contributed by atoms with Gasteiger partial charge in [-0.1, -0.05) is 52.4 Å². The lowest BCUT2D eigenvalue weighted by Crippen LogP contribution is -2.26. The van der Waals surface area contributed by atoms with Gasteiger partial charge in [-0.2, -0.15) is 0 Å². The van der Waals surface area contributed by atoms with Gasteiger partial charge in [0.2, 0.25) is 0 Å². The van der Waals surface area contributed by atoms with Crippen molar-refractivity contribution in [1.29, 1.82) is 0 Å². The monoisotopic (exact) mass is 1300 g/mol. The molecule has 13 nitrogen and oxygen atoms in total. The van der Waals surface area contributed by atoms with Crippen LogP contribution in [0, 0.1) is 41.4 Å². The standard InChI is InChI=1S/C10H20O2S.C9H18O2.2C9H18O.2C8H16O.C7H14O3S.C7H14O.C6H12O/c1-9(2)12-6-4-10-5-7-13(3,11)8-10;1-8(2)11-6-4-9-3-5-10-7-9;1-8(2)10-7-6-9-4-3-5-9;1-8(2)10-7-9-5-3-4-6-9;1-7(2)3-4-8-5-6-9-8;1-7(2)9-6-8-4-3-5-8;1-6(2)10-7-3-4-11(8,9)5-7;1-6(2)8-5-7-3-4-7;1-5(2)7-6-3-4-6/h9-10H,3-8H2,1-2H3;8-9H,3-7H2,1-2H3;2*8-9H,3-7H2,1-2H3;2*7-8H,3-6H2,1-2H3;6-7H,3-5H2,1-2H3;6-7H,3-5H2,1-2H3;5-6H,3-4H2,1-2H3.